The van der Waals surface area contributed by atoms with Gasteiger partial charge in [-0.3, -0.25) is 4.90 Å². The van der Waals surface area contributed by atoms with Crippen LogP contribution in [0.3, 0.4) is 0 Å². The van der Waals surface area contributed by atoms with Gasteiger partial charge in [-0.2, -0.15) is 0 Å². The summed E-state index contributed by atoms with van der Waals surface area (Å²) in [7, 11) is 0. The molecule has 2 N–H and O–H groups in total. The van der Waals surface area contributed by atoms with Crippen LogP contribution in [-0.2, 0) is 6.54 Å². The van der Waals surface area contributed by atoms with Crippen molar-refractivity contribution in [3.63, 3.8) is 0 Å². The molecule has 1 saturated heterocycles. The van der Waals surface area contributed by atoms with Gasteiger partial charge >= 0.3 is 0 Å². The maximum Gasteiger partial charge on any atom is 0.177 e. The third-order valence-electron chi connectivity index (χ3n) is 3.71. The number of aromatic nitrogens is 1. The summed E-state index contributed by atoms with van der Waals surface area (Å²) in [4.78, 5) is 3.56. The zero-order chi connectivity index (χ0) is 13.1. The van der Waals surface area contributed by atoms with Gasteiger partial charge in [0.05, 0.1) is 10.6 Å². The van der Waals surface area contributed by atoms with Crippen LogP contribution in [-0.4, -0.2) is 29.2 Å². The first-order valence-electron chi connectivity index (χ1n) is 6.80. The van der Waals surface area contributed by atoms with Gasteiger partial charge in [0, 0.05) is 25.2 Å². The lowest BCUT2D eigenvalue weighted by Crippen LogP contribution is -2.43. The van der Waals surface area contributed by atoms with Crippen LogP contribution in [0.2, 0.25) is 0 Å². The molecule has 0 radical (unpaired) electrons. The van der Waals surface area contributed by atoms with E-state index in [0.29, 0.717) is 6.04 Å². The van der Waals surface area contributed by atoms with E-state index in [9.17, 15) is 0 Å². The Bertz CT molecular complexity index is 509. The van der Waals surface area contributed by atoms with Gasteiger partial charge in [0.25, 0.3) is 0 Å². The minimum atomic E-state index is 0.496. The smallest absolute Gasteiger partial charge is 0.177 e. The molecule has 3 rings (SSSR count). The molecule has 3 heterocycles. The highest BCUT2D eigenvalue weighted by Gasteiger charge is 2.22. The van der Waals surface area contributed by atoms with Gasteiger partial charge < -0.3 is 10.3 Å². The molecule has 1 atom stereocenters. The Labute approximate surface area is 117 Å². The van der Waals surface area contributed by atoms with Crippen molar-refractivity contribution in [2.75, 3.05) is 13.1 Å². The molecule has 19 heavy (non-hydrogen) atoms. The summed E-state index contributed by atoms with van der Waals surface area (Å²) in [5, 5.41) is 6.23. The molecular formula is C14H19N3OS. The van der Waals surface area contributed by atoms with Crippen molar-refractivity contribution in [3.8, 4) is 10.6 Å². The molecule has 102 valence electrons. The summed E-state index contributed by atoms with van der Waals surface area (Å²) in [5.74, 6) is 0.867. The van der Waals surface area contributed by atoms with Gasteiger partial charge in [-0.1, -0.05) is 17.6 Å². The van der Waals surface area contributed by atoms with Gasteiger partial charge in [0.2, 0.25) is 0 Å². The molecule has 0 spiro atoms. The van der Waals surface area contributed by atoms with Crippen molar-refractivity contribution in [2.45, 2.75) is 31.8 Å². The third kappa shape index (κ3) is 2.88. The Morgan fingerprint density at radius 2 is 2.42 bits per heavy atom. The van der Waals surface area contributed by atoms with E-state index in [2.05, 4.69) is 16.1 Å². The van der Waals surface area contributed by atoms with E-state index < -0.39 is 0 Å². The highest BCUT2D eigenvalue weighted by molar-refractivity contribution is 7.13. The molecule has 0 amide bonds. The molecule has 1 aliphatic heterocycles. The highest BCUT2D eigenvalue weighted by Crippen LogP contribution is 2.26. The minimum absolute atomic E-state index is 0.496. The predicted molar refractivity (Wildman–Crippen MR) is 76.9 cm³/mol. The number of likely N-dealkylation sites (tertiary alicyclic amines) is 1. The van der Waals surface area contributed by atoms with Crippen molar-refractivity contribution in [1.29, 1.82) is 0 Å². The summed E-state index contributed by atoms with van der Waals surface area (Å²) >= 11 is 1.67. The number of nitrogens with zero attached hydrogens (tertiary/aromatic N) is 2. The molecule has 1 fully saturated rings. The van der Waals surface area contributed by atoms with Gasteiger partial charge in [0.15, 0.2) is 5.76 Å². The van der Waals surface area contributed by atoms with E-state index in [1.165, 1.54) is 19.3 Å². The van der Waals surface area contributed by atoms with E-state index in [1.807, 2.05) is 17.5 Å². The number of hydrogen-bond donors (Lipinski definition) is 1. The molecule has 0 aliphatic carbocycles. The second-order valence-corrected chi connectivity index (χ2v) is 5.96. The molecular weight excluding hydrogens is 258 g/mol. The van der Waals surface area contributed by atoms with Gasteiger partial charge in [-0.05, 0) is 30.8 Å². The maximum atomic E-state index is 5.85. The van der Waals surface area contributed by atoms with Gasteiger partial charge in [-0.25, -0.2) is 0 Å². The molecule has 0 saturated carbocycles. The summed E-state index contributed by atoms with van der Waals surface area (Å²) in [6, 6.07) is 6.62. The Balaban J connectivity index is 1.69. The van der Waals surface area contributed by atoms with E-state index in [1.54, 1.807) is 11.3 Å². The maximum absolute atomic E-state index is 5.85. The lowest BCUT2D eigenvalue weighted by Gasteiger charge is -2.34. The Morgan fingerprint density at radius 3 is 3.21 bits per heavy atom. The lowest BCUT2D eigenvalue weighted by atomic mass is 10.0. The minimum Gasteiger partial charge on any atom is -0.355 e. The zero-order valence-electron chi connectivity index (χ0n) is 10.9. The number of hydrogen-bond acceptors (Lipinski definition) is 5. The van der Waals surface area contributed by atoms with Crippen LogP contribution in [0.1, 0.15) is 25.0 Å². The average Bonchev–Trinajstić information content (AvgIpc) is 3.09. The number of piperidine rings is 1. The van der Waals surface area contributed by atoms with Crippen molar-refractivity contribution >= 4 is 11.3 Å². The van der Waals surface area contributed by atoms with E-state index in [-0.39, 0.29) is 0 Å². The van der Waals surface area contributed by atoms with Crippen LogP contribution >= 0.6 is 11.3 Å². The lowest BCUT2D eigenvalue weighted by molar-refractivity contribution is 0.141. The van der Waals surface area contributed by atoms with Crippen molar-refractivity contribution in [1.82, 2.24) is 10.1 Å². The highest BCUT2D eigenvalue weighted by atomic mass is 32.1. The van der Waals surface area contributed by atoms with Crippen molar-refractivity contribution < 1.29 is 4.52 Å². The topological polar surface area (TPSA) is 55.3 Å². The molecule has 2 aromatic rings. The SMILES string of the molecule is NCC1CCCCN1Cc1cc(-c2cccs2)on1. The van der Waals surface area contributed by atoms with Crippen molar-refractivity contribution in [3.05, 3.63) is 29.3 Å². The van der Waals surface area contributed by atoms with Crippen LogP contribution in [0.25, 0.3) is 10.6 Å². The fourth-order valence-electron chi connectivity index (χ4n) is 2.66. The van der Waals surface area contributed by atoms with Gasteiger partial charge in [0.1, 0.15) is 0 Å². The number of rotatable bonds is 4. The Hall–Kier alpha value is -1.17. The van der Waals surface area contributed by atoms with Crippen LogP contribution in [0.4, 0.5) is 0 Å². The summed E-state index contributed by atoms with van der Waals surface area (Å²) < 4.78 is 5.42. The second kappa shape index (κ2) is 5.86. The standard InChI is InChI=1S/C14H19N3OS/c15-9-12-4-1-2-6-17(12)10-11-8-13(18-16-11)14-5-3-7-19-14/h3,5,7-8,12H,1-2,4,6,9-10,15H2. The van der Waals surface area contributed by atoms with E-state index >= 15 is 0 Å². The van der Waals surface area contributed by atoms with Crippen LogP contribution in [0.5, 0.6) is 0 Å². The van der Waals surface area contributed by atoms with E-state index in [0.717, 1.165) is 36.0 Å². The third-order valence-corrected chi connectivity index (χ3v) is 4.59. The molecule has 2 aromatic heterocycles. The summed E-state index contributed by atoms with van der Waals surface area (Å²) in [6.07, 6.45) is 3.75. The second-order valence-electron chi connectivity index (χ2n) is 5.02. The largest absolute Gasteiger partial charge is 0.355 e. The van der Waals surface area contributed by atoms with Gasteiger partial charge in [-0.15, -0.1) is 11.3 Å². The molecule has 0 bridgehead atoms. The van der Waals surface area contributed by atoms with Crippen LogP contribution in [0.15, 0.2) is 28.1 Å². The first-order valence-corrected chi connectivity index (χ1v) is 7.68. The quantitative estimate of drug-likeness (QED) is 0.933. The fraction of sp³-hybridized carbons (Fsp3) is 0.500. The predicted octanol–water partition coefficient (Wildman–Crippen LogP) is 2.72. The number of thiophene rings is 1. The summed E-state index contributed by atoms with van der Waals surface area (Å²) in [5.41, 5.74) is 6.85. The number of nitrogens with two attached hydrogens (primary N) is 1. The Kier molecular flexibility index (Phi) is 3.96. The molecule has 0 aromatic carbocycles. The monoisotopic (exact) mass is 277 g/mol. The first-order chi connectivity index (χ1) is 9.36. The van der Waals surface area contributed by atoms with Crippen LogP contribution in [0, 0.1) is 0 Å². The summed E-state index contributed by atoms with van der Waals surface area (Å²) in [6.45, 7) is 2.69. The van der Waals surface area contributed by atoms with E-state index in [4.69, 9.17) is 10.3 Å². The first kappa shape index (κ1) is 12.8. The molecule has 1 unspecified atom stereocenters. The van der Waals surface area contributed by atoms with Crippen LogP contribution < -0.4 is 5.73 Å². The molecule has 5 heteroatoms. The van der Waals surface area contributed by atoms with Crippen molar-refractivity contribution in [2.24, 2.45) is 5.73 Å². The fourth-order valence-corrected chi connectivity index (χ4v) is 3.34. The Morgan fingerprint density at radius 1 is 1.47 bits per heavy atom. The molecule has 1 aliphatic rings. The zero-order valence-corrected chi connectivity index (χ0v) is 11.7. The normalized spacial score (nSPS) is 20.8. The molecule has 4 nitrogen and oxygen atoms in total. The average molecular weight is 277 g/mol.